The molecule has 116 valence electrons. The minimum atomic E-state index is -3.24. The van der Waals surface area contributed by atoms with Crippen LogP contribution >= 0.6 is 11.8 Å². The van der Waals surface area contributed by atoms with E-state index in [9.17, 15) is 13.2 Å². The minimum Gasteiger partial charge on any atom is -0.363 e. The fourth-order valence-corrected chi connectivity index (χ4v) is 5.24. The molecule has 2 aliphatic rings. The predicted molar refractivity (Wildman–Crippen MR) is 79.5 cm³/mol. The third kappa shape index (κ3) is 3.47. The first kappa shape index (κ1) is 16.1. The molecule has 1 unspecified atom stereocenters. The molecule has 0 aromatic carbocycles. The Morgan fingerprint density at radius 3 is 2.75 bits per heavy atom. The molecule has 0 aromatic heterocycles. The monoisotopic (exact) mass is 322 g/mol. The van der Waals surface area contributed by atoms with Crippen molar-refractivity contribution in [1.29, 1.82) is 0 Å². The van der Waals surface area contributed by atoms with E-state index in [0.717, 1.165) is 18.8 Å². The highest BCUT2D eigenvalue weighted by atomic mass is 32.2. The summed E-state index contributed by atoms with van der Waals surface area (Å²) in [4.78, 5) is 13.7. The number of sulfone groups is 1. The highest BCUT2D eigenvalue weighted by Gasteiger charge is 2.38. The summed E-state index contributed by atoms with van der Waals surface area (Å²) in [7, 11) is -3.24. The van der Waals surface area contributed by atoms with Gasteiger partial charge in [0.15, 0.2) is 9.84 Å². The van der Waals surface area contributed by atoms with E-state index in [4.69, 9.17) is 4.74 Å². The van der Waals surface area contributed by atoms with Crippen LogP contribution in [-0.4, -0.2) is 73.7 Å². The van der Waals surface area contributed by atoms with Crippen LogP contribution in [0.3, 0.4) is 0 Å². The van der Waals surface area contributed by atoms with E-state index in [1.165, 1.54) is 4.90 Å². The Balaban J connectivity index is 1.98. The average Bonchev–Trinajstić information content (AvgIpc) is 2.42. The van der Waals surface area contributed by atoms with Crippen LogP contribution in [0.15, 0.2) is 0 Å². The third-order valence-electron chi connectivity index (χ3n) is 3.76. The number of carbonyl (C=O) groups excluding carboxylic acids is 1. The van der Waals surface area contributed by atoms with E-state index in [1.54, 1.807) is 18.7 Å². The number of nitrogens with one attached hydrogen (secondary N) is 1. The molecule has 0 aromatic rings. The molecule has 0 spiro atoms. The Kier molecular flexibility index (Phi) is 4.99. The van der Waals surface area contributed by atoms with Crippen molar-refractivity contribution in [2.75, 3.05) is 43.5 Å². The number of rotatable bonds is 5. The van der Waals surface area contributed by atoms with Gasteiger partial charge in [-0.15, -0.1) is 0 Å². The van der Waals surface area contributed by atoms with Gasteiger partial charge in [0.1, 0.15) is 12.0 Å². The highest BCUT2D eigenvalue weighted by Crippen LogP contribution is 2.22. The van der Waals surface area contributed by atoms with Crippen LogP contribution in [0.4, 0.5) is 0 Å². The van der Waals surface area contributed by atoms with Crippen LogP contribution in [0, 0.1) is 0 Å². The first-order valence-corrected chi connectivity index (χ1v) is 9.68. The maximum Gasteiger partial charge on any atom is 0.249 e. The lowest BCUT2D eigenvalue weighted by atomic mass is 10.0. The molecule has 1 atom stereocenters. The van der Waals surface area contributed by atoms with Gasteiger partial charge in [-0.2, -0.15) is 11.8 Å². The van der Waals surface area contributed by atoms with E-state index in [2.05, 4.69) is 5.32 Å². The molecule has 0 aliphatic carbocycles. The van der Waals surface area contributed by atoms with Crippen LogP contribution in [0.5, 0.6) is 0 Å². The average molecular weight is 322 g/mol. The van der Waals surface area contributed by atoms with E-state index >= 15 is 0 Å². The molecule has 2 heterocycles. The molecule has 2 rings (SSSR count). The molecule has 0 saturated carbocycles. The first-order chi connectivity index (χ1) is 9.38. The zero-order valence-corrected chi connectivity index (χ0v) is 13.6. The summed E-state index contributed by atoms with van der Waals surface area (Å²) < 4.78 is 29.8. The van der Waals surface area contributed by atoms with Gasteiger partial charge in [-0.25, -0.2) is 8.42 Å². The van der Waals surface area contributed by atoms with Crippen LogP contribution in [-0.2, 0) is 19.4 Å². The zero-order valence-electron chi connectivity index (χ0n) is 11.9. The van der Waals surface area contributed by atoms with Gasteiger partial charge in [0.2, 0.25) is 5.91 Å². The van der Waals surface area contributed by atoms with Gasteiger partial charge in [-0.3, -0.25) is 4.79 Å². The second-order valence-electron chi connectivity index (χ2n) is 5.41. The summed E-state index contributed by atoms with van der Waals surface area (Å²) in [5.74, 6) is 1.08. The lowest BCUT2D eigenvalue weighted by Crippen LogP contribution is -2.60. The van der Waals surface area contributed by atoms with E-state index in [0.29, 0.717) is 12.3 Å². The summed E-state index contributed by atoms with van der Waals surface area (Å²) in [6, 6.07) is 0. The van der Waals surface area contributed by atoms with Crippen molar-refractivity contribution in [3.8, 4) is 0 Å². The maximum absolute atomic E-state index is 12.3. The van der Waals surface area contributed by atoms with Crippen molar-refractivity contribution in [3.05, 3.63) is 0 Å². The van der Waals surface area contributed by atoms with E-state index < -0.39 is 15.2 Å². The van der Waals surface area contributed by atoms with Gasteiger partial charge in [0, 0.05) is 36.9 Å². The Hall–Kier alpha value is -0.310. The molecule has 0 bridgehead atoms. The van der Waals surface area contributed by atoms with Crippen molar-refractivity contribution >= 4 is 27.5 Å². The highest BCUT2D eigenvalue weighted by molar-refractivity contribution is 8.01. The molecule has 2 saturated heterocycles. The quantitative estimate of drug-likeness (QED) is 0.749. The van der Waals surface area contributed by atoms with Gasteiger partial charge in [0.25, 0.3) is 0 Å². The molecule has 20 heavy (non-hydrogen) atoms. The zero-order chi connectivity index (χ0) is 14.8. The summed E-state index contributed by atoms with van der Waals surface area (Å²) in [6.07, 6.45) is 0. The number of ether oxygens (including phenoxy) is 1. The number of carbonyl (C=O) groups is 1. The van der Waals surface area contributed by atoms with Gasteiger partial charge >= 0.3 is 0 Å². The number of amides is 1. The van der Waals surface area contributed by atoms with E-state index in [1.807, 2.05) is 6.92 Å². The fraction of sp³-hybridized carbons (Fsp3) is 0.917. The van der Waals surface area contributed by atoms with Crippen LogP contribution in [0.2, 0.25) is 0 Å². The van der Waals surface area contributed by atoms with Gasteiger partial charge in [-0.05, 0) is 6.92 Å². The third-order valence-corrected chi connectivity index (χ3v) is 7.05. The van der Waals surface area contributed by atoms with E-state index in [-0.39, 0.29) is 23.9 Å². The molecule has 1 N–H and O–H groups in total. The number of thioether (sulfide) groups is 1. The molecule has 2 aliphatic heterocycles. The summed E-state index contributed by atoms with van der Waals surface area (Å²) in [6.45, 7) is 5.46. The van der Waals surface area contributed by atoms with Gasteiger partial charge in [0.05, 0.1) is 5.60 Å². The van der Waals surface area contributed by atoms with Crippen molar-refractivity contribution < 1.29 is 17.9 Å². The minimum absolute atomic E-state index is 0.0431. The fourth-order valence-electron chi connectivity index (χ4n) is 2.25. The molecule has 0 radical (unpaired) electrons. The lowest BCUT2D eigenvalue weighted by molar-refractivity contribution is -0.146. The first-order valence-electron chi connectivity index (χ1n) is 6.81. The summed E-state index contributed by atoms with van der Waals surface area (Å²) in [5.41, 5.74) is -0.292. The molecule has 8 heteroatoms. The lowest BCUT2D eigenvalue weighted by Gasteiger charge is -2.40. The van der Waals surface area contributed by atoms with Crippen LogP contribution in [0.1, 0.15) is 13.8 Å². The second-order valence-corrected chi connectivity index (χ2v) is 9.01. The van der Waals surface area contributed by atoms with Crippen molar-refractivity contribution in [3.63, 3.8) is 0 Å². The normalized spacial score (nSPS) is 26.1. The standard InChI is InChI=1S/C12H22N2O4S2/c1-3-20(16,17)11-7-19-5-4-14(11)10(15)6-18-12(2)8-13-9-12/h11,13H,3-9H2,1-2H3. The molecule has 2 fully saturated rings. The molecule has 6 nitrogen and oxygen atoms in total. The largest absolute Gasteiger partial charge is 0.363 e. The van der Waals surface area contributed by atoms with Crippen molar-refractivity contribution in [1.82, 2.24) is 10.2 Å². The predicted octanol–water partition coefficient (Wildman–Crippen LogP) is -0.299. The van der Waals surface area contributed by atoms with Gasteiger partial charge < -0.3 is 15.0 Å². The van der Waals surface area contributed by atoms with Crippen molar-refractivity contribution in [2.45, 2.75) is 24.8 Å². The Morgan fingerprint density at radius 1 is 1.50 bits per heavy atom. The Morgan fingerprint density at radius 2 is 2.20 bits per heavy atom. The Bertz CT molecular complexity index is 462. The Labute approximate surface area is 124 Å². The second kappa shape index (κ2) is 6.21. The molecule has 1 amide bonds. The van der Waals surface area contributed by atoms with Crippen LogP contribution < -0.4 is 5.32 Å². The smallest absolute Gasteiger partial charge is 0.249 e. The number of nitrogens with zero attached hydrogens (tertiary/aromatic N) is 1. The number of hydrogen-bond acceptors (Lipinski definition) is 6. The summed E-state index contributed by atoms with van der Waals surface area (Å²) >= 11 is 1.58. The molecular formula is C12H22N2O4S2. The van der Waals surface area contributed by atoms with Crippen LogP contribution in [0.25, 0.3) is 0 Å². The topological polar surface area (TPSA) is 75.7 Å². The SMILES string of the molecule is CCS(=O)(=O)C1CSCCN1C(=O)COC1(C)CNC1. The summed E-state index contributed by atoms with van der Waals surface area (Å²) in [5, 5.41) is 2.40. The number of hydrogen-bond donors (Lipinski definition) is 1. The maximum atomic E-state index is 12.3. The molecular weight excluding hydrogens is 300 g/mol. The van der Waals surface area contributed by atoms with Crippen molar-refractivity contribution in [2.24, 2.45) is 0 Å². The van der Waals surface area contributed by atoms with Gasteiger partial charge in [-0.1, -0.05) is 6.92 Å².